The van der Waals surface area contributed by atoms with Crippen molar-refractivity contribution in [1.82, 2.24) is 0 Å². The maximum Gasteiger partial charge on any atom is 0.310 e. The summed E-state index contributed by atoms with van der Waals surface area (Å²) in [7, 11) is 0. The van der Waals surface area contributed by atoms with Crippen molar-refractivity contribution in [3.8, 4) is 6.07 Å². The van der Waals surface area contributed by atoms with Gasteiger partial charge in [0.25, 0.3) is 0 Å². The lowest BCUT2D eigenvalue weighted by atomic mass is 9.73. The van der Waals surface area contributed by atoms with E-state index in [1.165, 1.54) is 0 Å². The normalized spacial score (nSPS) is 17.5. The van der Waals surface area contributed by atoms with Crippen molar-refractivity contribution < 1.29 is 14.7 Å². The molecule has 0 atom stereocenters. The molecule has 0 heterocycles. The number of ketones is 1. The summed E-state index contributed by atoms with van der Waals surface area (Å²) >= 11 is 0. The lowest BCUT2D eigenvalue weighted by Gasteiger charge is -2.29. The van der Waals surface area contributed by atoms with Gasteiger partial charge in [-0.05, 0) is 48.6 Å². The van der Waals surface area contributed by atoms with Crippen LogP contribution in [0.4, 0.5) is 0 Å². The molecule has 0 radical (unpaired) electrons. The zero-order valence-corrected chi connectivity index (χ0v) is 13.1. The van der Waals surface area contributed by atoms with E-state index in [0.29, 0.717) is 6.42 Å². The predicted octanol–water partition coefficient (Wildman–Crippen LogP) is 3.15. The first-order chi connectivity index (χ1) is 11.1. The number of Topliss-reactive ketones (excluding diaryl/α,β-unsaturated/α-hetero) is 1. The lowest BCUT2D eigenvalue weighted by Crippen LogP contribution is -2.38. The van der Waals surface area contributed by atoms with Crippen molar-refractivity contribution in [2.24, 2.45) is 17.3 Å². The van der Waals surface area contributed by atoms with Gasteiger partial charge in [0.15, 0.2) is 0 Å². The molecule has 3 rings (SSSR count). The second-order valence-electron chi connectivity index (χ2n) is 6.94. The summed E-state index contributed by atoms with van der Waals surface area (Å²) in [6.07, 6.45) is 4.58. The molecule has 0 bridgehead atoms. The van der Waals surface area contributed by atoms with Crippen LogP contribution in [-0.4, -0.2) is 16.9 Å². The fourth-order valence-electron chi connectivity index (χ4n) is 3.73. The number of carbonyl (C=O) groups is 2. The van der Waals surface area contributed by atoms with Gasteiger partial charge in [-0.15, -0.1) is 0 Å². The average molecular weight is 311 g/mol. The number of hydrogen-bond acceptors (Lipinski definition) is 3. The van der Waals surface area contributed by atoms with Crippen molar-refractivity contribution in [1.29, 1.82) is 5.26 Å². The van der Waals surface area contributed by atoms with E-state index >= 15 is 0 Å². The molecule has 0 amide bonds. The van der Waals surface area contributed by atoms with E-state index < -0.39 is 11.4 Å². The zero-order chi connectivity index (χ0) is 16.4. The molecular weight excluding hydrogens is 290 g/mol. The highest BCUT2D eigenvalue weighted by Gasteiger charge is 2.59. The molecule has 0 aliphatic heterocycles. The Morgan fingerprint density at radius 2 is 1.61 bits per heavy atom. The van der Waals surface area contributed by atoms with E-state index in [1.54, 1.807) is 0 Å². The van der Waals surface area contributed by atoms with E-state index in [0.717, 1.165) is 36.8 Å². The molecule has 1 N–H and O–H groups in total. The minimum absolute atomic E-state index is 0.0132. The summed E-state index contributed by atoms with van der Waals surface area (Å²) in [5.74, 6) is -0.386. The Labute approximate surface area is 136 Å². The highest BCUT2D eigenvalue weighted by molar-refractivity contribution is 5.88. The summed E-state index contributed by atoms with van der Waals surface area (Å²) in [4.78, 5) is 24.4. The third-order valence-corrected chi connectivity index (χ3v) is 5.21. The highest BCUT2D eigenvalue weighted by atomic mass is 16.4. The number of rotatable bonds is 8. The standard InChI is InChI=1S/C19H21NO3/c20-10-9-13-1-3-14(4-2-13)11-17(21)12-19(18(22)23,15-5-6-15)16-7-8-16/h1-4,15-16H,5-9,11-12H2,(H,22,23). The van der Waals surface area contributed by atoms with Gasteiger partial charge in [-0.3, -0.25) is 9.59 Å². The second kappa shape index (κ2) is 6.16. The van der Waals surface area contributed by atoms with E-state index in [9.17, 15) is 14.7 Å². The number of nitriles is 1. The Morgan fingerprint density at radius 1 is 1.09 bits per heavy atom. The van der Waals surface area contributed by atoms with Gasteiger partial charge in [-0.25, -0.2) is 0 Å². The smallest absolute Gasteiger partial charge is 0.310 e. The highest BCUT2D eigenvalue weighted by Crippen LogP contribution is 2.60. The minimum atomic E-state index is -0.808. The van der Waals surface area contributed by atoms with Crippen LogP contribution in [0.5, 0.6) is 0 Å². The molecule has 0 saturated heterocycles. The number of benzene rings is 1. The Bertz CT molecular complexity index is 636. The van der Waals surface area contributed by atoms with Crippen molar-refractivity contribution >= 4 is 11.8 Å². The number of carboxylic acid groups (broad SMARTS) is 1. The maximum absolute atomic E-state index is 12.5. The van der Waals surface area contributed by atoms with Crippen molar-refractivity contribution in [3.63, 3.8) is 0 Å². The predicted molar refractivity (Wildman–Crippen MR) is 84.6 cm³/mol. The Balaban J connectivity index is 1.68. The second-order valence-corrected chi connectivity index (χ2v) is 6.94. The van der Waals surface area contributed by atoms with Crippen LogP contribution in [0.3, 0.4) is 0 Å². The fourth-order valence-corrected chi connectivity index (χ4v) is 3.73. The van der Waals surface area contributed by atoms with E-state index in [-0.39, 0.29) is 30.5 Å². The fraction of sp³-hybridized carbons (Fsp3) is 0.526. The van der Waals surface area contributed by atoms with Gasteiger partial charge in [-0.2, -0.15) is 5.26 Å². The third kappa shape index (κ3) is 3.29. The summed E-state index contributed by atoms with van der Waals surface area (Å²) < 4.78 is 0. The molecule has 0 spiro atoms. The van der Waals surface area contributed by atoms with Gasteiger partial charge < -0.3 is 5.11 Å². The number of nitrogens with zero attached hydrogens (tertiary/aromatic N) is 1. The number of hydrogen-bond donors (Lipinski definition) is 1. The van der Waals surface area contributed by atoms with Crippen LogP contribution in [0.25, 0.3) is 0 Å². The van der Waals surface area contributed by atoms with Gasteiger partial charge in [-0.1, -0.05) is 24.3 Å². The van der Waals surface area contributed by atoms with E-state index in [1.807, 2.05) is 24.3 Å². The average Bonchev–Trinajstić information content (AvgIpc) is 3.39. The van der Waals surface area contributed by atoms with Crippen LogP contribution in [0, 0.1) is 28.6 Å². The largest absolute Gasteiger partial charge is 0.481 e. The quantitative estimate of drug-likeness (QED) is 0.800. The van der Waals surface area contributed by atoms with Gasteiger partial charge in [0.1, 0.15) is 5.78 Å². The Kier molecular flexibility index (Phi) is 4.21. The van der Waals surface area contributed by atoms with E-state index in [2.05, 4.69) is 6.07 Å². The Morgan fingerprint density at radius 3 is 2.04 bits per heavy atom. The lowest BCUT2D eigenvalue weighted by molar-refractivity contribution is -0.155. The van der Waals surface area contributed by atoms with Gasteiger partial charge >= 0.3 is 5.97 Å². The summed E-state index contributed by atoms with van der Waals surface area (Å²) in [5.41, 5.74) is 1.01. The van der Waals surface area contributed by atoms with Crippen LogP contribution >= 0.6 is 0 Å². The minimum Gasteiger partial charge on any atom is -0.481 e. The van der Waals surface area contributed by atoms with Gasteiger partial charge in [0, 0.05) is 12.8 Å². The SMILES string of the molecule is N#CCc1ccc(CC(=O)CC(C(=O)O)(C2CC2)C2CC2)cc1. The molecule has 1 aromatic carbocycles. The molecule has 4 nitrogen and oxygen atoms in total. The summed E-state index contributed by atoms with van der Waals surface area (Å²) in [6.45, 7) is 0. The number of aliphatic carboxylic acids is 1. The first kappa shape index (κ1) is 15.7. The van der Waals surface area contributed by atoms with Crippen LogP contribution in [0.15, 0.2) is 24.3 Å². The first-order valence-corrected chi connectivity index (χ1v) is 8.26. The molecule has 120 valence electrons. The molecule has 2 fully saturated rings. The van der Waals surface area contributed by atoms with Crippen LogP contribution in [0.2, 0.25) is 0 Å². The van der Waals surface area contributed by atoms with Crippen molar-refractivity contribution in [3.05, 3.63) is 35.4 Å². The molecule has 0 unspecified atom stereocenters. The molecule has 23 heavy (non-hydrogen) atoms. The van der Waals surface area contributed by atoms with Crippen LogP contribution < -0.4 is 0 Å². The first-order valence-electron chi connectivity index (χ1n) is 8.26. The maximum atomic E-state index is 12.5. The summed E-state index contributed by atoms with van der Waals surface area (Å²) in [5, 5.41) is 18.4. The molecule has 1 aromatic rings. The van der Waals surface area contributed by atoms with Crippen LogP contribution in [0.1, 0.15) is 43.2 Å². The van der Waals surface area contributed by atoms with Crippen molar-refractivity contribution in [2.75, 3.05) is 0 Å². The molecule has 2 aliphatic rings. The third-order valence-electron chi connectivity index (χ3n) is 5.21. The molecule has 2 saturated carbocycles. The topological polar surface area (TPSA) is 78.2 Å². The monoisotopic (exact) mass is 311 g/mol. The molecule has 2 aliphatic carbocycles. The molecular formula is C19H21NO3. The van der Waals surface area contributed by atoms with Gasteiger partial charge in [0.05, 0.1) is 17.9 Å². The van der Waals surface area contributed by atoms with Crippen molar-refractivity contribution in [2.45, 2.75) is 44.9 Å². The number of carbonyl (C=O) groups excluding carboxylic acids is 1. The number of carboxylic acids is 1. The summed E-state index contributed by atoms with van der Waals surface area (Å²) in [6, 6.07) is 9.54. The Hall–Kier alpha value is -2.15. The molecule has 4 heteroatoms. The van der Waals surface area contributed by atoms with Gasteiger partial charge in [0.2, 0.25) is 0 Å². The zero-order valence-electron chi connectivity index (χ0n) is 13.1. The van der Waals surface area contributed by atoms with Crippen LogP contribution in [-0.2, 0) is 22.4 Å². The molecule has 0 aromatic heterocycles. The van der Waals surface area contributed by atoms with E-state index in [4.69, 9.17) is 5.26 Å².